The SMILES string of the molecule is CCOC(=O)CC(c1ccccc1)c1cccnc1. The van der Waals surface area contributed by atoms with Gasteiger partial charge in [-0.2, -0.15) is 0 Å². The van der Waals surface area contributed by atoms with Gasteiger partial charge in [-0.25, -0.2) is 0 Å². The predicted molar refractivity (Wildman–Crippen MR) is 73.8 cm³/mol. The standard InChI is InChI=1S/C16H17NO2/c1-2-19-16(18)11-15(13-7-4-3-5-8-13)14-9-6-10-17-12-14/h3-10,12,15H,2,11H2,1H3. The van der Waals surface area contributed by atoms with E-state index in [1.165, 1.54) is 0 Å². The second kappa shape index (κ2) is 6.69. The van der Waals surface area contributed by atoms with Crippen molar-refractivity contribution in [2.75, 3.05) is 6.61 Å². The molecule has 19 heavy (non-hydrogen) atoms. The Morgan fingerprint density at radius 2 is 1.89 bits per heavy atom. The van der Waals surface area contributed by atoms with Crippen LogP contribution in [0.4, 0.5) is 0 Å². The van der Waals surface area contributed by atoms with Crippen LogP contribution in [0.15, 0.2) is 54.9 Å². The Balaban J connectivity index is 2.26. The number of nitrogens with zero attached hydrogens (tertiary/aromatic N) is 1. The zero-order valence-electron chi connectivity index (χ0n) is 11.0. The van der Waals surface area contributed by atoms with Gasteiger partial charge < -0.3 is 4.74 Å². The number of ether oxygens (including phenoxy) is 1. The molecule has 2 rings (SSSR count). The van der Waals surface area contributed by atoms with Crippen LogP contribution in [0.5, 0.6) is 0 Å². The molecule has 1 heterocycles. The second-order valence-electron chi connectivity index (χ2n) is 4.26. The number of esters is 1. The van der Waals surface area contributed by atoms with Crippen LogP contribution in [0.25, 0.3) is 0 Å². The minimum Gasteiger partial charge on any atom is -0.466 e. The minimum absolute atomic E-state index is 0.00560. The first-order valence-electron chi connectivity index (χ1n) is 6.41. The number of hydrogen-bond donors (Lipinski definition) is 0. The van der Waals surface area contributed by atoms with Crippen LogP contribution in [0, 0.1) is 0 Å². The Morgan fingerprint density at radius 1 is 1.16 bits per heavy atom. The quantitative estimate of drug-likeness (QED) is 0.770. The van der Waals surface area contributed by atoms with Crippen molar-refractivity contribution in [3.63, 3.8) is 0 Å². The van der Waals surface area contributed by atoms with Crippen LogP contribution in [0.1, 0.15) is 30.4 Å². The molecule has 0 saturated carbocycles. The molecule has 0 aliphatic carbocycles. The van der Waals surface area contributed by atoms with Crippen molar-refractivity contribution in [1.82, 2.24) is 4.98 Å². The maximum atomic E-state index is 11.8. The van der Waals surface area contributed by atoms with Crippen molar-refractivity contribution < 1.29 is 9.53 Å². The molecule has 0 N–H and O–H groups in total. The lowest BCUT2D eigenvalue weighted by Crippen LogP contribution is -2.11. The molecule has 0 spiro atoms. The summed E-state index contributed by atoms with van der Waals surface area (Å²) in [7, 11) is 0. The third-order valence-electron chi connectivity index (χ3n) is 2.96. The third kappa shape index (κ3) is 3.65. The maximum Gasteiger partial charge on any atom is 0.306 e. The van der Waals surface area contributed by atoms with Gasteiger partial charge in [-0.1, -0.05) is 36.4 Å². The van der Waals surface area contributed by atoms with Crippen molar-refractivity contribution in [1.29, 1.82) is 0 Å². The van der Waals surface area contributed by atoms with Crippen LogP contribution in [0.2, 0.25) is 0 Å². The topological polar surface area (TPSA) is 39.2 Å². The molecule has 0 aliphatic heterocycles. The van der Waals surface area contributed by atoms with Gasteiger partial charge in [-0.3, -0.25) is 9.78 Å². The molecule has 0 radical (unpaired) electrons. The van der Waals surface area contributed by atoms with Gasteiger partial charge in [-0.05, 0) is 24.1 Å². The van der Waals surface area contributed by atoms with E-state index in [2.05, 4.69) is 4.98 Å². The monoisotopic (exact) mass is 255 g/mol. The van der Waals surface area contributed by atoms with Crippen molar-refractivity contribution in [2.45, 2.75) is 19.3 Å². The van der Waals surface area contributed by atoms with E-state index in [0.29, 0.717) is 13.0 Å². The summed E-state index contributed by atoms with van der Waals surface area (Å²) >= 11 is 0. The lowest BCUT2D eigenvalue weighted by atomic mass is 9.89. The van der Waals surface area contributed by atoms with Crippen molar-refractivity contribution in [3.8, 4) is 0 Å². The summed E-state index contributed by atoms with van der Waals surface area (Å²) < 4.78 is 5.06. The Bertz CT molecular complexity index is 471. The molecule has 1 atom stereocenters. The van der Waals surface area contributed by atoms with Gasteiger partial charge in [0.1, 0.15) is 0 Å². The van der Waals surface area contributed by atoms with Gasteiger partial charge >= 0.3 is 5.97 Å². The Morgan fingerprint density at radius 3 is 2.53 bits per heavy atom. The second-order valence-corrected chi connectivity index (χ2v) is 4.26. The van der Waals surface area contributed by atoms with Gasteiger partial charge in [0, 0.05) is 18.3 Å². The number of hydrogen-bond acceptors (Lipinski definition) is 3. The third-order valence-corrected chi connectivity index (χ3v) is 2.96. The molecule has 3 heteroatoms. The zero-order valence-corrected chi connectivity index (χ0v) is 11.0. The lowest BCUT2D eigenvalue weighted by molar-refractivity contribution is -0.143. The van der Waals surface area contributed by atoms with E-state index in [9.17, 15) is 4.79 Å². The largest absolute Gasteiger partial charge is 0.466 e. The molecule has 1 unspecified atom stereocenters. The molecule has 1 aromatic carbocycles. The van der Waals surface area contributed by atoms with Crippen LogP contribution >= 0.6 is 0 Å². The Hall–Kier alpha value is -2.16. The molecule has 0 saturated heterocycles. The van der Waals surface area contributed by atoms with Crippen LogP contribution in [0.3, 0.4) is 0 Å². The van der Waals surface area contributed by atoms with Crippen molar-refractivity contribution >= 4 is 5.97 Å². The summed E-state index contributed by atoms with van der Waals surface area (Å²) in [4.78, 5) is 15.9. The highest BCUT2D eigenvalue weighted by atomic mass is 16.5. The van der Waals surface area contributed by atoms with E-state index in [0.717, 1.165) is 11.1 Å². The molecule has 0 aliphatic rings. The van der Waals surface area contributed by atoms with E-state index >= 15 is 0 Å². The summed E-state index contributed by atoms with van der Waals surface area (Å²) in [5.41, 5.74) is 2.13. The van der Waals surface area contributed by atoms with Gasteiger partial charge in [0.15, 0.2) is 0 Å². The number of aromatic nitrogens is 1. The average Bonchev–Trinajstić information content (AvgIpc) is 2.47. The van der Waals surface area contributed by atoms with Crippen LogP contribution < -0.4 is 0 Å². The number of carbonyl (C=O) groups excluding carboxylic acids is 1. The summed E-state index contributed by atoms with van der Waals surface area (Å²) in [6, 6.07) is 13.8. The van der Waals surface area contributed by atoms with Gasteiger partial charge in [-0.15, -0.1) is 0 Å². The summed E-state index contributed by atoms with van der Waals surface area (Å²) in [6.45, 7) is 2.23. The molecular weight excluding hydrogens is 238 g/mol. The summed E-state index contributed by atoms with van der Waals surface area (Å²) in [5, 5.41) is 0. The zero-order chi connectivity index (χ0) is 13.5. The highest BCUT2D eigenvalue weighted by molar-refractivity contribution is 5.71. The van der Waals surface area contributed by atoms with Crippen molar-refractivity contribution in [3.05, 3.63) is 66.0 Å². The first-order valence-corrected chi connectivity index (χ1v) is 6.41. The number of carbonyl (C=O) groups is 1. The molecular formula is C16H17NO2. The average molecular weight is 255 g/mol. The predicted octanol–water partition coefficient (Wildman–Crippen LogP) is 3.17. The Kier molecular flexibility index (Phi) is 4.67. The van der Waals surface area contributed by atoms with Gasteiger partial charge in [0.25, 0.3) is 0 Å². The minimum atomic E-state index is -0.180. The smallest absolute Gasteiger partial charge is 0.306 e. The fraction of sp³-hybridized carbons (Fsp3) is 0.250. The maximum absolute atomic E-state index is 11.8. The number of rotatable bonds is 5. The molecule has 1 aromatic heterocycles. The molecule has 0 amide bonds. The first kappa shape index (κ1) is 13.3. The van der Waals surface area contributed by atoms with E-state index in [4.69, 9.17) is 4.74 Å². The van der Waals surface area contributed by atoms with Gasteiger partial charge in [0.2, 0.25) is 0 Å². The molecule has 0 bridgehead atoms. The normalized spacial score (nSPS) is 11.8. The highest BCUT2D eigenvalue weighted by Gasteiger charge is 2.18. The summed E-state index contributed by atoms with van der Waals surface area (Å²) in [5.74, 6) is -0.186. The van der Waals surface area contributed by atoms with Gasteiger partial charge in [0.05, 0.1) is 13.0 Å². The molecule has 98 valence electrons. The molecule has 0 fully saturated rings. The number of pyridine rings is 1. The van der Waals surface area contributed by atoms with E-state index < -0.39 is 0 Å². The number of benzene rings is 1. The fourth-order valence-electron chi connectivity index (χ4n) is 2.08. The van der Waals surface area contributed by atoms with Crippen LogP contribution in [-0.2, 0) is 9.53 Å². The molecule has 3 nitrogen and oxygen atoms in total. The molecule has 2 aromatic rings. The van der Waals surface area contributed by atoms with Crippen LogP contribution in [-0.4, -0.2) is 17.6 Å². The fourth-order valence-corrected chi connectivity index (χ4v) is 2.08. The van der Waals surface area contributed by atoms with E-state index in [1.54, 1.807) is 12.4 Å². The Labute approximate surface area is 113 Å². The van der Waals surface area contributed by atoms with E-state index in [-0.39, 0.29) is 11.9 Å². The summed E-state index contributed by atoms with van der Waals surface area (Å²) in [6.07, 6.45) is 3.87. The lowest BCUT2D eigenvalue weighted by Gasteiger charge is -2.16. The van der Waals surface area contributed by atoms with E-state index in [1.807, 2.05) is 49.4 Å². The first-order chi connectivity index (χ1) is 9.31. The van der Waals surface area contributed by atoms with Crippen molar-refractivity contribution in [2.24, 2.45) is 0 Å². The highest BCUT2D eigenvalue weighted by Crippen LogP contribution is 2.27.